The van der Waals surface area contributed by atoms with Crippen molar-refractivity contribution < 1.29 is 9.63 Å². The van der Waals surface area contributed by atoms with E-state index in [2.05, 4.69) is 15.3 Å². The molecule has 0 bridgehead atoms. The molecule has 0 unspecified atom stereocenters. The van der Waals surface area contributed by atoms with Crippen LogP contribution in [0.3, 0.4) is 0 Å². The maximum absolute atomic E-state index is 10.6. The molecule has 1 aliphatic heterocycles. The number of rotatable bonds is 1. The standard InChI is InChI=1S/C9H8N2O2/c12-8-6-10-9(11-13-8)7-4-2-1-3-5-7/h1-5H,6H2,(H,10,11). The molecule has 0 amide bonds. The molecule has 0 fully saturated rings. The zero-order valence-corrected chi connectivity index (χ0v) is 6.86. The fourth-order valence-electron chi connectivity index (χ4n) is 1.06. The van der Waals surface area contributed by atoms with Gasteiger partial charge in [-0.25, -0.2) is 10.3 Å². The van der Waals surface area contributed by atoms with E-state index in [1.54, 1.807) is 0 Å². The molecule has 0 saturated heterocycles. The SMILES string of the molecule is O=C1CN=C(c2ccccc2)NO1. The van der Waals surface area contributed by atoms with Crippen LogP contribution in [-0.2, 0) is 9.63 Å². The summed E-state index contributed by atoms with van der Waals surface area (Å²) >= 11 is 0. The molecule has 0 atom stereocenters. The largest absolute Gasteiger partial charge is 0.353 e. The van der Waals surface area contributed by atoms with Gasteiger partial charge in [0.25, 0.3) is 0 Å². The lowest BCUT2D eigenvalue weighted by Crippen LogP contribution is -2.34. The van der Waals surface area contributed by atoms with Gasteiger partial charge in [-0.05, 0) is 0 Å². The maximum atomic E-state index is 10.6. The molecule has 2 rings (SSSR count). The van der Waals surface area contributed by atoms with Crippen molar-refractivity contribution in [3.8, 4) is 0 Å². The lowest BCUT2D eigenvalue weighted by molar-refractivity contribution is -0.147. The summed E-state index contributed by atoms with van der Waals surface area (Å²) in [6.07, 6.45) is 0. The minimum atomic E-state index is -0.361. The Bertz CT molecular complexity index is 346. The van der Waals surface area contributed by atoms with E-state index in [4.69, 9.17) is 0 Å². The smallest absolute Gasteiger partial charge is 0.340 e. The highest BCUT2D eigenvalue weighted by molar-refractivity contribution is 6.00. The molecule has 13 heavy (non-hydrogen) atoms. The molecule has 0 aromatic heterocycles. The summed E-state index contributed by atoms with van der Waals surface area (Å²) in [4.78, 5) is 19.3. The molecule has 1 heterocycles. The van der Waals surface area contributed by atoms with Crippen LogP contribution in [0.2, 0.25) is 0 Å². The van der Waals surface area contributed by atoms with Crippen molar-refractivity contribution in [2.24, 2.45) is 4.99 Å². The third-order valence-electron chi connectivity index (χ3n) is 1.68. The summed E-state index contributed by atoms with van der Waals surface area (Å²) in [6, 6.07) is 9.50. The Balaban J connectivity index is 2.23. The van der Waals surface area contributed by atoms with Crippen molar-refractivity contribution in [1.82, 2.24) is 5.48 Å². The molecule has 0 spiro atoms. The molecule has 0 saturated carbocycles. The van der Waals surface area contributed by atoms with Gasteiger partial charge in [-0.15, -0.1) is 0 Å². The lowest BCUT2D eigenvalue weighted by Gasteiger charge is -2.13. The van der Waals surface area contributed by atoms with Gasteiger partial charge in [-0.3, -0.25) is 4.99 Å². The minimum absolute atomic E-state index is 0.0806. The van der Waals surface area contributed by atoms with Crippen molar-refractivity contribution in [1.29, 1.82) is 0 Å². The van der Waals surface area contributed by atoms with Gasteiger partial charge in [0.2, 0.25) is 0 Å². The predicted molar refractivity (Wildman–Crippen MR) is 47.1 cm³/mol. The van der Waals surface area contributed by atoms with Crippen LogP contribution >= 0.6 is 0 Å². The van der Waals surface area contributed by atoms with Gasteiger partial charge in [0.05, 0.1) is 0 Å². The first kappa shape index (κ1) is 7.79. The van der Waals surface area contributed by atoms with Crippen LogP contribution in [0.1, 0.15) is 5.56 Å². The highest BCUT2D eigenvalue weighted by Gasteiger charge is 2.12. The lowest BCUT2D eigenvalue weighted by atomic mass is 10.2. The molecule has 0 aliphatic carbocycles. The number of hydrogen-bond acceptors (Lipinski definition) is 4. The van der Waals surface area contributed by atoms with Crippen LogP contribution in [0.15, 0.2) is 35.3 Å². The molecule has 4 heteroatoms. The fraction of sp³-hybridized carbons (Fsp3) is 0.111. The Hall–Kier alpha value is -1.84. The third kappa shape index (κ3) is 1.66. The highest BCUT2D eigenvalue weighted by atomic mass is 16.7. The molecule has 1 aliphatic rings. The first-order valence-electron chi connectivity index (χ1n) is 3.92. The van der Waals surface area contributed by atoms with Crippen molar-refractivity contribution >= 4 is 11.8 Å². The Kier molecular flexibility index (Phi) is 1.96. The van der Waals surface area contributed by atoms with Gasteiger partial charge >= 0.3 is 5.97 Å². The third-order valence-corrected chi connectivity index (χ3v) is 1.68. The van der Waals surface area contributed by atoms with Crippen LogP contribution in [0.25, 0.3) is 0 Å². The topological polar surface area (TPSA) is 50.7 Å². The molecule has 1 N–H and O–H groups in total. The fourth-order valence-corrected chi connectivity index (χ4v) is 1.06. The number of carbonyl (C=O) groups is 1. The first-order valence-corrected chi connectivity index (χ1v) is 3.92. The number of hydrogen-bond donors (Lipinski definition) is 1. The highest BCUT2D eigenvalue weighted by Crippen LogP contribution is 2.01. The Morgan fingerprint density at radius 2 is 2.08 bits per heavy atom. The van der Waals surface area contributed by atoms with Crippen LogP contribution in [-0.4, -0.2) is 18.3 Å². The zero-order chi connectivity index (χ0) is 9.10. The van der Waals surface area contributed by atoms with Crippen molar-refractivity contribution in [3.63, 3.8) is 0 Å². The zero-order valence-electron chi connectivity index (χ0n) is 6.86. The number of nitrogens with zero attached hydrogens (tertiary/aromatic N) is 1. The second-order valence-corrected chi connectivity index (χ2v) is 2.61. The summed E-state index contributed by atoms with van der Waals surface area (Å²) in [7, 11) is 0. The normalized spacial score (nSPS) is 15.7. The van der Waals surface area contributed by atoms with E-state index in [1.165, 1.54) is 0 Å². The summed E-state index contributed by atoms with van der Waals surface area (Å²) in [6.45, 7) is 0.0806. The van der Waals surface area contributed by atoms with E-state index in [1.807, 2.05) is 30.3 Å². The van der Waals surface area contributed by atoms with Crippen molar-refractivity contribution in [2.75, 3.05) is 6.54 Å². The Morgan fingerprint density at radius 3 is 2.69 bits per heavy atom. The molecule has 4 nitrogen and oxygen atoms in total. The van der Waals surface area contributed by atoms with Gasteiger partial charge in [0.1, 0.15) is 6.54 Å². The second-order valence-electron chi connectivity index (χ2n) is 2.61. The summed E-state index contributed by atoms with van der Waals surface area (Å²) in [5, 5.41) is 0. The number of carbonyl (C=O) groups excluding carboxylic acids is 1. The molecular weight excluding hydrogens is 168 g/mol. The second kappa shape index (κ2) is 3.26. The first-order chi connectivity index (χ1) is 6.36. The Labute approximate surface area is 75.2 Å². The van der Waals surface area contributed by atoms with Crippen LogP contribution in [0, 0.1) is 0 Å². The van der Waals surface area contributed by atoms with Crippen molar-refractivity contribution in [2.45, 2.75) is 0 Å². The molecule has 1 aromatic rings. The quantitative estimate of drug-likeness (QED) is 0.677. The average molecular weight is 176 g/mol. The number of hydroxylamine groups is 1. The van der Waals surface area contributed by atoms with Gasteiger partial charge in [-0.2, -0.15) is 0 Å². The van der Waals surface area contributed by atoms with Crippen molar-refractivity contribution in [3.05, 3.63) is 35.9 Å². The summed E-state index contributed by atoms with van der Waals surface area (Å²) < 4.78 is 0. The number of nitrogens with one attached hydrogen (secondary N) is 1. The van der Waals surface area contributed by atoms with Gasteiger partial charge < -0.3 is 4.84 Å². The predicted octanol–water partition coefficient (Wildman–Crippen LogP) is 0.495. The van der Waals surface area contributed by atoms with Crippen LogP contribution < -0.4 is 5.48 Å². The minimum Gasteiger partial charge on any atom is -0.340 e. The molecular formula is C9H8N2O2. The Morgan fingerprint density at radius 1 is 1.31 bits per heavy atom. The molecule has 0 radical (unpaired) electrons. The number of amidine groups is 1. The van der Waals surface area contributed by atoms with Gasteiger partial charge in [0.15, 0.2) is 5.84 Å². The van der Waals surface area contributed by atoms with E-state index >= 15 is 0 Å². The monoisotopic (exact) mass is 176 g/mol. The van der Waals surface area contributed by atoms with E-state index < -0.39 is 0 Å². The van der Waals surface area contributed by atoms with Crippen LogP contribution in [0.5, 0.6) is 0 Å². The summed E-state index contributed by atoms with van der Waals surface area (Å²) in [5.74, 6) is 0.236. The van der Waals surface area contributed by atoms with E-state index in [9.17, 15) is 4.79 Å². The molecule has 66 valence electrons. The van der Waals surface area contributed by atoms with Gasteiger partial charge in [-0.1, -0.05) is 30.3 Å². The number of benzene rings is 1. The van der Waals surface area contributed by atoms with Crippen LogP contribution in [0.4, 0.5) is 0 Å². The maximum Gasteiger partial charge on any atom is 0.353 e. The molecule has 1 aromatic carbocycles. The van der Waals surface area contributed by atoms with E-state index in [-0.39, 0.29) is 12.5 Å². The van der Waals surface area contributed by atoms with E-state index in [0.717, 1.165) is 5.56 Å². The average Bonchev–Trinajstić information content (AvgIpc) is 2.20. The number of aliphatic imine (C=N–C) groups is 1. The van der Waals surface area contributed by atoms with Gasteiger partial charge in [0, 0.05) is 5.56 Å². The van der Waals surface area contributed by atoms with E-state index in [0.29, 0.717) is 5.84 Å². The summed E-state index contributed by atoms with van der Waals surface area (Å²) in [5.41, 5.74) is 3.40.